The second kappa shape index (κ2) is 6.72. The molecule has 9 heteroatoms. The third-order valence-electron chi connectivity index (χ3n) is 4.13. The summed E-state index contributed by atoms with van der Waals surface area (Å²) in [5.74, 6) is -0.354. The molecule has 1 aliphatic rings. The SMILES string of the molecule is C[C@H](N)[C@@H]1CCCCN1C(=O)c1ccc(S(=O)(=O)C(F)(F)F)cc1. The summed E-state index contributed by atoms with van der Waals surface area (Å²) >= 11 is 0. The number of sulfone groups is 1. The predicted molar refractivity (Wildman–Crippen MR) is 82.0 cm³/mol. The number of alkyl halides is 3. The van der Waals surface area contributed by atoms with E-state index < -0.39 is 20.2 Å². The van der Waals surface area contributed by atoms with Crippen molar-refractivity contribution >= 4 is 15.7 Å². The van der Waals surface area contributed by atoms with Crippen molar-refractivity contribution in [2.75, 3.05) is 6.54 Å². The van der Waals surface area contributed by atoms with Crippen LogP contribution in [0.2, 0.25) is 0 Å². The average Bonchev–Trinajstić information content (AvgIpc) is 2.53. The van der Waals surface area contributed by atoms with Gasteiger partial charge in [0.25, 0.3) is 15.7 Å². The van der Waals surface area contributed by atoms with Gasteiger partial charge in [0.2, 0.25) is 0 Å². The van der Waals surface area contributed by atoms with Gasteiger partial charge in [0, 0.05) is 24.2 Å². The maximum atomic E-state index is 12.6. The lowest BCUT2D eigenvalue weighted by Crippen LogP contribution is -2.51. The lowest BCUT2D eigenvalue weighted by atomic mass is 9.96. The highest BCUT2D eigenvalue weighted by Gasteiger charge is 2.46. The molecule has 0 unspecified atom stereocenters. The Kier molecular flexibility index (Phi) is 5.24. The van der Waals surface area contributed by atoms with E-state index in [1.165, 1.54) is 0 Å². The monoisotopic (exact) mass is 364 g/mol. The molecule has 2 rings (SSSR count). The second-order valence-electron chi connectivity index (χ2n) is 5.89. The van der Waals surface area contributed by atoms with Gasteiger partial charge in [-0.25, -0.2) is 8.42 Å². The molecule has 0 aliphatic carbocycles. The highest BCUT2D eigenvalue weighted by Crippen LogP contribution is 2.30. The fourth-order valence-corrected chi connectivity index (χ4v) is 3.59. The third-order valence-corrected chi connectivity index (χ3v) is 5.64. The van der Waals surface area contributed by atoms with Gasteiger partial charge < -0.3 is 10.6 Å². The first-order valence-corrected chi connectivity index (χ1v) is 9.02. The maximum Gasteiger partial charge on any atom is 0.501 e. The molecule has 1 amide bonds. The van der Waals surface area contributed by atoms with Crippen LogP contribution < -0.4 is 5.73 Å². The first-order valence-electron chi connectivity index (χ1n) is 7.53. The Morgan fingerprint density at radius 3 is 2.33 bits per heavy atom. The molecule has 0 saturated carbocycles. The quantitative estimate of drug-likeness (QED) is 0.893. The molecule has 1 aromatic carbocycles. The van der Waals surface area contributed by atoms with E-state index in [9.17, 15) is 26.4 Å². The number of rotatable bonds is 3. The van der Waals surface area contributed by atoms with E-state index in [4.69, 9.17) is 5.73 Å². The van der Waals surface area contributed by atoms with Crippen molar-refractivity contribution in [3.8, 4) is 0 Å². The van der Waals surface area contributed by atoms with Crippen LogP contribution in [0.1, 0.15) is 36.5 Å². The Hall–Kier alpha value is -1.61. The molecular weight excluding hydrogens is 345 g/mol. The average molecular weight is 364 g/mol. The summed E-state index contributed by atoms with van der Waals surface area (Å²) < 4.78 is 60.3. The van der Waals surface area contributed by atoms with Crippen molar-refractivity contribution in [2.24, 2.45) is 5.73 Å². The van der Waals surface area contributed by atoms with Crippen molar-refractivity contribution in [3.05, 3.63) is 29.8 Å². The summed E-state index contributed by atoms with van der Waals surface area (Å²) in [6, 6.07) is 3.47. The standard InChI is InChI=1S/C15H19F3N2O3S/c1-10(19)13-4-2-3-9-20(13)14(21)11-5-7-12(8-6-11)24(22,23)15(16,17)18/h5-8,10,13H,2-4,9,19H2,1H3/t10-,13-/m0/s1. The zero-order valence-corrected chi connectivity index (χ0v) is 13.9. The van der Waals surface area contributed by atoms with Crippen molar-refractivity contribution in [2.45, 2.75) is 48.7 Å². The van der Waals surface area contributed by atoms with Crippen LogP contribution in [0.3, 0.4) is 0 Å². The van der Waals surface area contributed by atoms with Gasteiger partial charge in [-0.15, -0.1) is 0 Å². The molecule has 0 bridgehead atoms. The van der Waals surface area contributed by atoms with Crippen LogP contribution in [0.15, 0.2) is 29.2 Å². The van der Waals surface area contributed by atoms with Crippen molar-refractivity contribution < 1.29 is 26.4 Å². The molecule has 2 atom stereocenters. The number of carbonyl (C=O) groups is 1. The molecule has 0 aromatic heterocycles. The highest BCUT2D eigenvalue weighted by atomic mass is 32.2. The minimum absolute atomic E-state index is 0.134. The molecule has 1 fully saturated rings. The van der Waals surface area contributed by atoms with Crippen LogP contribution in [0.4, 0.5) is 13.2 Å². The van der Waals surface area contributed by atoms with E-state index in [2.05, 4.69) is 0 Å². The molecule has 1 aromatic rings. The van der Waals surface area contributed by atoms with Crippen LogP contribution in [0.25, 0.3) is 0 Å². The maximum absolute atomic E-state index is 12.6. The normalized spacial score (nSPS) is 20.7. The van der Waals surface area contributed by atoms with Gasteiger partial charge in [-0.3, -0.25) is 4.79 Å². The predicted octanol–water partition coefficient (Wildman–Crippen LogP) is 2.32. The Morgan fingerprint density at radius 1 is 1.25 bits per heavy atom. The van der Waals surface area contributed by atoms with Crippen LogP contribution in [-0.4, -0.2) is 43.4 Å². The summed E-state index contributed by atoms with van der Waals surface area (Å²) in [6.45, 7) is 2.32. The number of carbonyl (C=O) groups excluding carboxylic acids is 1. The van der Waals surface area contributed by atoms with Crippen molar-refractivity contribution in [3.63, 3.8) is 0 Å². The minimum atomic E-state index is -5.41. The number of piperidine rings is 1. The summed E-state index contributed by atoms with van der Waals surface area (Å²) in [6.07, 6.45) is 2.55. The minimum Gasteiger partial charge on any atom is -0.334 e. The zero-order chi connectivity index (χ0) is 18.1. The van der Waals surface area contributed by atoms with E-state index in [1.54, 1.807) is 11.8 Å². The van der Waals surface area contributed by atoms with Crippen molar-refractivity contribution in [1.82, 2.24) is 4.90 Å². The smallest absolute Gasteiger partial charge is 0.334 e. The molecule has 24 heavy (non-hydrogen) atoms. The van der Waals surface area contributed by atoms with Crippen LogP contribution >= 0.6 is 0 Å². The topological polar surface area (TPSA) is 80.5 Å². The molecule has 0 radical (unpaired) electrons. The first-order chi connectivity index (χ1) is 11.1. The Bertz CT molecular complexity index is 700. The number of hydrogen-bond donors (Lipinski definition) is 1. The molecule has 2 N–H and O–H groups in total. The lowest BCUT2D eigenvalue weighted by molar-refractivity contribution is -0.0436. The Balaban J connectivity index is 2.26. The van der Waals surface area contributed by atoms with E-state index in [1.807, 2.05) is 0 Å². The molecule has 1 aliphatic heterocycles. The first kappa shape index (κ1) is 18.7. The summed E-state index contributed by atoms with van der Waals surface area (Å²) in [5, 5.41) is 0. The van der Waals surface area contributed by atoms with Gasteiger partial charge in [0.05, 0.1) is 4.90 Å². The van der Waals surface area contributed by atoms with E-state index in [0.717, 1.165) is 43.5 Å². The third kappa shape index (κ3) is 3.56. The highest BCUT2D eigenvalue weighted by molar-refractivity contribution is 7.92. The Morgan fingerprint density at radius 2 is 1.83 bits per heavy atom. The van der Waals surface area contributed by atoms with Gasteiger partial charge in [-0.05, 0) is 50.5 Å². The number of benzene rings is 1. The molecule has 1 heterocycles. The summed E-state index contributed by atoms with van der Waals surface area (Å²) in [4.78, 5) is 13.3. The van der Waals surface area contributed by atoms with E-state index in [-0.39, 0.29) is 23.6 Å². The zero-order valence-electron chi connectivity index (χ0n) is 13.1. The largest absolute Gasteiger partial charge is 0.501 e. The van der Waals surface area contributed by atoms with Crippen molar-refractivity contribution in [1.29, 1.82) is 0 Å². The van der Waals surface area contributed by atoms with Gasteiger partial charge in [-0.1, -0.05) is 0 Å². The van der Waals surface area contributed by atoms with Crippen LogP contribution in [0, 0.1) is 0 Å². The van der Waals surface area contributed by atoms with Gasteiger partial charge in [0.1, 0.15) is 0 Å². The summed E-state index contributed by atoms with van der Waals surface area (Å²) in [7, 11) is -5.41. The van der Waals surface area contributed by atoms with E-state index in [0.29, 0.717) is 6.54 Å². The second-order valence-corrected chi connectivity index (χ2v) is 7.84. The molecule has 1 saturated heterocycles. The van der Waals surface area contributed by atoms with E-state index >= 15 is 0 Å². The number of nitrogens with zero attached hydrogens (tertiary/aromatic N) is 1. The van der Waals surface area contributed by atoms with Gasteiger partial charge in [0.15, 0.2) is 0 Å². The summed E-state index contributed by atoms with van der Waals surface area (Å²) in [5.41, 5.74) is 0.677. The molecule has 134 valence electrons. The fourth-order valence-electron chi connectivity index (χ4n) is 2.83. The number of hydrogen-bond acceptors (Lipinski definition) is 4. The molecule has 0 spiro atoms. The fraction of sp³-hybridized carbons (Fsp3) is 0.533. The van der Waals surface area contributed by atoms with Crippen LogP contribution in [0.5, 0.6) is 0 Å². The number of amides is 1. The molecule has 5 nitrogen and oxygen atoms in total. The Labute approximate surface area is 138 Å². The van der Waals surface area contributed by atoms with Crippen LogP contribution in [-0.2, 0) is 9.84 Å². The molecular formula is C15H19F3N2O3S. The number of likely N-dealkylation sites (tertiary alicyclic amines) is 1. The van der Waals surface area contributed by atoms with Gasteiger partial charge in [-0.2, -0.15) is 13.2 Å². The van der Waals surface area contributed by atoms with Gasteiger partial charge >= 0.3 is 5.51 Å². The number of halogens is 3. The lowest BCUT2D eigenvalue weighted by Gasteiger charge is -2.38. The number of nitrogens with two attached hydrogens (primary N) is 1.